The predicted octanol–water partition coefficient (Wildman–Crippen LogP) is 3.10. The average Bonchev–Trinajstić information content (AvgIpc) is 2.39. The summed E-state index contributed by atoms with van der Waals surface area (Å²) in [5.74, 6) is -0.992. The van der Waals surface area contributed by atoms with Gasteiger partial charge in [0.2, 0.25) is 0 Å². The lowest BCUT2D eigenvalue weighted by Gasteiger charge is -2.41. The molecule has 0 aliphatic carbocycles. The number of Topliss-reactive ketones (excluding diaryl/α,β-unsaturated/α-hetero) is 1. The van der Waals surface area contributed by atoms with Crippen LogP contribution < -0.4 is 4.90 Å². The molecule has 1 aliphatic rings. The molecule has 0 radical (unpaired) electrons. The van der Waals surface area contributed by atoms with Crippen LogP contribution in [0.4, 0.5) is 23.2 Å². The number of hydrogen-bond donors (Lipinski definition) is 0. The normalized spacial score (nSPS) is 20.3. The molecule has 0 spiro atoms. The number of ketones is 1. The summed E-state index contributed by atoms with van der Waals surface area (Å²) in [5, 5.41) is 0. The van der Waals surface area contributed by atoms with E-state index < -0.39 is 24.3 Å². The second kappa shape index (κ2) is 6.24. The van der Waals surface area contributed by atoms with Crippen LogP contribution in [0, 0.1) is 5.82 Å². The lowest BCUT2D eigenvalue weighted by atomic mass is 10.1. The van der Waals surface area contributed by atoms with Crippen LogP contribution >= 0.6 is 0 Å². The molecule has 1 aromatic rings. The van der Waals surface area contributed by atoms with Crippen LogP contribution in [0.5, 0.6) is 0 Å². The summed E-state index contributed by atoms with van der Waals surface area (Å²) in [6.07, 6.45) is -4.24. The number of halogens is 4. The third-order valence-corrected chi connectivity index (χ3v) is 3.83. The average molecular weight is 318 g/mol. The number of benzene rings is 1. The van der Waals surface area contributed by atoms with Gasteiger partial charge in [-0.1, -0.05) is 6.07 Å². The topological polar surface area (TPSA) is 23.6 Å². The van der Waals surface area contributed by atoms with E-state index in [9.17, 15) is 22.4 Å². The highest BCUT2D eigenvalue weighted by Crippen LogP contribution is 2.27. The highest BCUT2D eigenvalue weighted by atomic mass is 19.4. The molecular formula is C15H18F4N2O. The number of carbonyl (C=O) groups is 1. The zero-order chi connectivity index (χ0) is 16.5. The molecule has 1 aliphatic heterocycles. The maximum Gasteiger partial charge on any atom is 0.401 e. The first-order chi connectivity index (χ1) is 10.2. The number of hydrogen-bond acceptors (Lipinski definition) is 3. The third kappa shape index (κ3) is 3.76. The Morgan fingerprint density at radius 2 is 2.00 bits per heavy atom. The van der Waals surface area contributed by atoms with E-state index in [1.54, 1.807) is 17.9 Å². The number of nitrogens with zero attached hydrogens (tertiary/aromatic N) is 2. The molecule has 7 heteroatoms. The number of carbonyl (C=O) groups excluding carboxylic acids is 1. The highest BCUT2D eigenvalue weighted by molar-refractivity contribution is 6.00. The Morgan fingerprint density at radius 1 is 1.32 bits per heavy atom. The zero-order valence-corrected chi connectivity index (χ0v) is 12.5. The summed E-state index contributed by atoms with van der Waals surface area (Å²) in [5.41, 5.74) is 0.449. The van der Waals surface area contributed by atoms with Gasteiger partial charge in [-0.25, -0.2) is 4.39 Å². The molecule has 0 aromatic heterocycles. The van der Waals surface area contributed by atoms with Gasteiger partial charge in [0.25, 0.3) is 0 Å². The van der Waals surface area contributed by atoms with Crippen LogP contribution in [-0.4, -0.2) is 49.1 Å². The standard InChI is InChI=1S/C15H18F4N2O/c1-10-8-20(6-7-21(10)9-15(17,18)19)13-5-3-4-12(16)14(13)11(2)22/h3-5,10H,6-9H2,1-2H3. The molecule has 2 rings (SSSR count). The molecule has 1 atom stereocenters. The summed E-state index contributed by atoms with van der Waals surface area (Å²) in [7, 11) is 0. The van der Waals surface area contributed by atoms with Crippen molar-refractivity contribution >= 4 is 11.5 Å². The minimum absolute atomic E-state index is 0.000952. The third-order valence-electron chi connectivity index (χ3n) is 3.83. The lowest BCUT2D eigenvalue weighted by molar-refractivity contribution is -0.150. The van der Waals surface area contributed by atoms with Crippen LogP contribution in [0.1, 0.15) is 24.2 Å². The molecule has 122 valence electrons. The zero-order valence-electron chi connectivity index (χ0n) is 12.5. The largest absolute Gasteiger partial charge is 0.401 e. The van der Waals surface area contributed by atoms with Crippen molar-refractivity contribution in [1.82, 2.24) is 4.90 Å². The minimum Gasteiger partial charge on any atom is -0.368 e. The number of anilines is 1. The van der Waals surface area contributed by atoms with E-state index in [1.165, 1.54) is 24.0 Å². The van der Waals surface area contributed by atoms with Crippen molar-refractivity contribution in [3.05, 3.63) is 29.6 Å². The molecule has 1 heterocycles. The smallest absolute Gasteiger partial charge is 0.368 e. The molecule has 0 bridgehead atoms. The van der Waals surface area contributed by atoms with Crippen molar-refractivity contribution < 1.29 is 22.4 Å². The second-order valence-electron chi connectivity index (χ2n) is 5.57. The monoisotopic (exact) mass is 318 g/mol. The van der Waals surface area contributed by atoms with E-state index in [-0.39, 0.29) is 18.2 Å². The first-order valence-electron chi connectivity index (χ1n) is 7.04. The fraction of sp³-hybridized carbons (Fsp3) is 0.533. The summed E-state index contributed by atoms with van der Waals surface area (Å²) < 4.78 is 51.4. The van der Waals surface area contributed by atoms with Gasteiger partial charge in [-0.05, 0) is 26.0 Å². The molecule has 0 saturated carbocycles. The van der Waals surface area contributed by atoms with E-state index in [2.05, 4.69) is 0 Å². The quantitative estimate of drug-likeness (QED) is 0.632. The molecular weight excluding hydrogens is 300 g/mol. The molecule has 0 N–H and O–H groups in total. The van der Waals surface area contributed by atoms with E-state index in [4.69, 9.17) is 0 Å². The van der Waals surface area contributed by atoms with E-state index in [0.29, 0.717) is 18.8 Å². The molecule has 1 aromatic carbocycles. The molecule has 1 unspecified atom stereocenters. The Bertz CT molecular complexity index is 559. The predicted molar refractivity (Wildman–Crippen MR) is 75.7 cm³/mol. The molecule has 1 saturated heterocycles. The molecule has 22 heavy (non-hydrogen) atoms. The van der Waals surface area contributed by atoms with Crippen LogP contribution in [0.3, 0.4) is 0 Å². The van der Waals surface area contributed by atoms with Gasteiger partial charge < -0.3 is 4.90 Å². The Balaban J connectivity index is 2.18. The molecule has 3 nitrogen and oxygen atoms in total. The van der Waals surface area contributed by atoms with Crippen LogP contribution in [0.25, 0.3) is 0 Å². The van der Waals surface area contributed by atoms with Crippen molar-refractivity contribution in [1.29, 1.82) is 0 Å². The first-order valence-corrected chi connectivity index (χ1v) is 7.04. The molecule has 0 amide bonds. The Hall–Kier alpha value is -1.63. The molecule has 1 fully saturated rings. The summed E-state index contributed by atoms with van der Waals surface area (Å²) in [6.45, 7) is 2.89. The van der Waals surface area contributed by atoms with Crippen molar-refractivity contribution in [3.63, 3.8) is 0 Å². The van der Waals surface area contributed by atoms with Crippen molar-refractivity contribution in [2.24, 2.45) is 0 Å². The van der Waals surface area contributed by atoms with Gasteiger partial charge in [-0.15, -0.1) is 0 Å². The summed E-state index contributed by atoms with van der Waals surface area (Å²) in [4.78, 5) is 14.8. The van der Waals surface area contributed by atoms with Crippen molar-refractivity contribution in [2.75, 3.05) is 31.1 Å². The van der Waals surface area contributed by atoms with Crippen LogP contribution in [0.15, 0.2) is 18.2 Å². The van der Waals surface area contributed by atoms with E-state index >= 15 is 0 Å². The van der Waals surface area contributed by atoms with E-state index in [1.807, 2.05) is 0 Å². The van der Waals surface area contributed by atoms with Gasteiger partial charge >= 0.3 is 6.18 Å². The summed E-state index contributed by atoms with van der Waals surface area (Å²) in [6, 6.07) is 4.01. The first kappa shape index (κ1) is 16.7. The van der Waals surface area contributed by atoms with Gasteiger partial charge in [0.05, 0.1) is 17.8 Å². The Morgan fingerprint density at radius 3 is 2.55 bits per heavy atom. The number of rotatable bonds is 3. The Labute approximate surface area is 126 Å². The van der Waals surface area contributed by atoms with Crippen molar-refractivity contribution in [2.45, 2.75) is 26.1 Å². The second-order valence-corrected chi connectivity index (χ2v) is 5.57. The minimum atomic E-state index is -4.24. The fourth-order valence-electron chi connectivity index (χ4n) is 2.80. The highest BCUT2D eigenvalue weighted by Gasteiger charge is 2.35. The van der Waals surface area contributed by atoms with Crippen LogP contribution in [-0.2, 0) is 0 Å². The number of piperazine rings is 1. The van der Waals surface area contributed by atoms with Gasteiger partial charge in [0, 0.05) is 25.7 Å². The SMILES string of the molecule is CC(=O)c1c(F)cccc1N1CCN(CC(F)(F)F)C(C)C1. The summed E-state index contributed by atoms with van der Waals surface area (Å²) >= 11 is 0. The van der Waals surface area contributed by atoms with Crippen molar-refractivity contribution in [3.8, 4) is 0 Å². The van der Waals surface area contributed by atoms with Gasteiger partial charge in [0.15, 0.2) is 5.78 Å². The fourth-order valence-corrected chi connectivity index (χ4v) is 2.80. The van der Waals surface area contributed by atoms with E-state index in [0.717, 1.165) is 0 Å². The van der Waals surface area contributed by atoms with Gasteiger partial charge in [0.1, 0.15) is 5.82 Å². The number of alkyl halides is 3. The maximum absolute atomic E-state index is 13.8. The lowest BCUT2D eigenvalue weighted by Crippen LogP contribution is -2.54. The van der Waals surface area contributed by atoms with Crippen LogP contribution in [0.2, 0.25) is 0 Å². The van der Waals surface area contributed by atoms with Gasteiger partial charge in [-0.2, -0.15) is 13.2 Å². The maximum atomic E-state index is 13.8. The Kier molecular flexibility index (Phi) is 4.75. The van der Waals surface area contributed by atoms with Gasteiger partial charge in [-0.3, -0.25) is 9.69 Å².